The van der Waals surface area contributed by atoms with E-state index >= 15 is 0 Å². The lowest BCUT2D eigenvalue weighted by Crippen LogP contribution is -2.38. The molecule has 0 radical (unpaired) electrons. The predicted octanol–water partition coefficient (Wildman–Crippen LogP) is 2.44. The highest BCUT2D eigenvalue weighted by Gasteiger charge is 2.17. The zero-order valence-electron chi connectivity index (χ0n) is 12.0. The maximum atomic E-state index is 13.6. The highest BCUT2D eigenvalue weighted by Crippen LogP contribution is 2.21. The van der Waals surface area contributed by atoms with Gasteiger partial charge in [-0.1, -0.05) is 25.1 Å². The van der Waals surface area contributed by atoms with Gasteiger partial charge in [-0.15, -0.1) is 0 Å². The fourth-order valence-electron chi connectivity index (χ4n) is 2.69. The molecular weight excluding hydrogens is 255 g/mol. The van der Waals surface area contributed by atoms with Gasteiger partial charge in [0, 0.05) is 13.0 Å². The minimum atomic E-state index is -0.232. The van der Waals surface area contributed by atoms with Gasteiger partial charge in [0.25, 0.3) is 0 Å². The summed E-state index contributed by atoms with van der Waals surface area (Å²) in [6, 6.07) is 6.66. The smallest absolute Gasteiger partial charge is 0.220 e. The van der Waals surface area contributed by atoms with Crippen LogP contribution >= 0.6 is 0 Å². The molecule has 0 aromatic heterocycles. The van der Waals surface area contributed by atoms with Gasteiger partial charge in [-0.2, -0.15) is 0 Å². The second-order valence-corrected chi connectivity index (χ2v) is 5.64. The zero-order valence-corrected chi connectivity index (χ0v) is 12.0. The van der Waals surface area contributed by atoms with Crippen molar-refractivity contribution in [2.45, 2.75) is 32.1 Å². The van der Waals surface area contributed by atoms with Crippen LogP contribution in [0.4, 0.5) is 4.39 Å². The topological polar surface area (TPSA) is 41.1 Å². The van der Waals surface area contributed by atoms with Crippen molar-refractivity contribution >= 4 is 5.91 Å². The van der Waals surface area contributed by atoms with Crippen LogP contribution in [-0.4, -0.2) is 25.5 Å². The Morgan fingerprint density at radius 1 is 1.50 bits per heavy atom. The van der Waals surface area contributed by atoms with E-state index in [1.54, 1.807) is 18.2 Å². The highest BCUT2D eigenvalue weighted by molar-refractivity contribution is 5.76. The Balaban J connectivity index is 1.77. The van der Waals surface area contributed by atoms with Crippen molar-refractivity contribution in [3.63, 3.8) is 0 Å². The molecule has 1 aromatic rings. The first-order valence-corrected chi connectivity index (χ1v) is 7.38. The van der Waals surface area contributed by atoms with E-state index in [2.05, 4.69) is 10.6 Å². The normalized spacial score (nSPS) is 20.4. The molecule has 0 saturated carbocycles. The molecule has 0 bridgehead atoms. The monoisotopic (exact) mass is 278 g/mol. The number of hydrogen-bond donors (Lipinski definition) is 2. The summed E-state index contributed by atoms with van der Waals surface area (Å²) >= 11 is 0. The van der Waals surface area contributed by atoms with Gasteiger partial charge in [0.15, 0.2) is 0 Å². The van der Waals surface area contributed by atoms with Crippen LogP contribution in [0, 0.1) is 11.7 Å². The average molecular weight is 278 g/mol. The molecule has 110 valence electrons. The van der Waals surface area contributed by atoms with Crippen molar-refractivity contribution in [3.8, 4) is 0 Å². The Bertz CT molecular complexity index is 444. The Morgan fingerprint density at radius 2 is 2.30 bits per heavy atom. The van der Waals surface area contributed by atoms with E-state index in [9.17, 15) is 9.18 Å². The molecule has 1 fully saturated rings. The van der Waals surface area contributed by atoms with E-state index in [1.807, 2.05) is 6.92 Å². The molecule has 3 nitrogen and oxygen atoms in total. The number of halogens is 1. The molecule has 2 unspecified atom stereocenters. The quantitative estimate of drug-likeness (QED) is 0.868. The van der Waals surface area contributed by atoms with E-state index < -0.39 is 0 Å². The summed E-state index contributed by atoms with van der Waals surface area (Å²) in [6.07, 6.45) is 2.67. The lowest BCUT2D eigenvalue weighted by molar-refractivity contribution is -0.121. The summed E-state index contributed by atoms with van der Waals surface area (Å²) in [5, 5.41) is 6.30. The molecule has 1 aliphatic rings. The van der Waals surface area contributed by atoms with Gasteiger partial charge in [0.05, 0.1) is 0 Å². The van der Waals surface area contributed by atoms with E-state index in [0.29, 0.717) is 17.9 Å². The van der Waals surface area contributed by atoms with Crippen molar-refractivity contribution in [1.29, 1.82) is 0 Å². The molecule has 1 amide bonds. The van der Waals surface area contributed by atoms with Crippen molar-refractivity contribution in [1.82, 2.24) is 10.6 Å². The Hall–Kier alpha value is -1.42. The highest BCUT2D eigenvalue weighted by atomic mass is 19.1. The molecule has 0 spiro atoms. The van der Waals surface area contributed by atoms with E-state index in [-0.39, 0.29) is 17.6 Å². The number of nitrogens with one attached hydrogen (secondary N) is 2. The van der Waals surface area contributed by atoms with Crippen molar-refractivity contribution in [2.75, 3.05) is 19.6 Å². The molecule has 2 atom stereocenters. The van der Waals surface area contributed by atoms with Crippen molar-refractivity contribution in [2.24, 2.45) is 5.92 Å². The maximum Gasteiger partial charge on any atom is 0.220 e. The number of carbonyl (C=O) groups excluding carboxylic acids is 1. The number of piperidine rings is 1. The van der Waals surface area contributed by atoms with E-state index in [0.717, 1.165) is 26.1 Å². The van der Waals surface area contributed by atoms with Crippen LogP contribution in [0.3, 0.4) is 0 Å². The van der Waals surface area contributed by atoms with Gasteiger partial charge in [-0.3, -0.25) is 4.79 Å². The number of amides is 1. The fraction of sp³-hybridized carbons (Fsp3) is 0.562. The molecule has 1 saturated heterocycles. The van der Waals surface area contributed by atoms with Crippen molar-refractivity contribution in [3.05, 3.63) is 35.6 Å². The minimum Gasteiger partial charge on any atom is -0.356 e. The molecule has 1 heterocycles. The van der Waals surface area contributed by atoms with Crippen LogP contribution in [-0.2, 0) is 4.79 Å². The van der Waals surface area contributed by atoms with Gasteiger partial charge in [-0.05, 0) is 49.4 Å². The van der Waals surface area contributed by atoms with Crippen LogP contribution < -0.4 is 10.6 Å². The summed E-state index contributed by atoms with van der Waals surface area (Å²) in [6.45, 7) is 4.66. The third-order valence-electron chi connectivity index (χ3n) is 3.91. The Morgan fingerprint density at radius 3 is 3.00 bits per heavy atom. The van der Waals surface area contributed by atoms with Crippen LogP contribution in [0.2, 0.25) is 0 Å². The van der Waals surface area contributed by atoms with Crippen LogP contribution in [0.15, 0.2) is 24.3 Å². The molecule has 4 heteroatoms. The molecule has 1 aromatic carbocycles. The zero-order chi connectivity index (χ0) is 14.4. The number of carbonyl (C=O) groups is 1. The molecule has 0 aliphatic carbocycles. The predicted molar refractivity (Wildman–Crippen MR) is 78.0 cm³/mol. The van der Waals surface area contributed by atoms with Crippen LogP contribution in [0.25, 0.3) is 0 Å². The largest absolute Gasteiger partial charge is 0.356 e. The van der Waals surface area contributed by atoms with Gasteiger partial charge in [-0.25, -0.2) is 4.39 Å². The first-order chi connectivity index (χ1) is 9.66. The first kappa shape index (κ1) is 15.0. The minimum absolute atomic E-state index is 0.00586. The van der Waals surface area contributed by atoms with Crippen molar-refractivity contribution < 1.29 is 9.18 Å². The summed E-state index contributed by atoms with van der Waals surface area (Å²) in [4.78, 5) is 11.9. The molecule has 20 heavy (non-hydrogen) atoms. The van der Waals surface area contributed by atoms with Crippen LogP contribution in [0.5, 0.6) is 0 Å². The number of benzene rings is 1. The maximum absolute atomic E-state index is 13.6. The molecule has 1 aliphatic heterocycles. The second-order valence-electron chi connectivity index (χ2n) is 5.64. The van der Waals surface area contributed by atoms with Gasteiger partial charge in [0.2, 0.25) is 5.91 Å². The summed E-state index contributed by atoms with van der Waals surface area (Å²) in [5.74, 6) is 0.202. The Kier molecular flexibility index (Phi) is 5.53. The lowest BCUT2D eigenvalue weighted by atomic mass is 9.96. The third-order valence-corrected chi connectivity index (χ3v) is 3.91. The Labute approximate surface area is 120 Å². The van der Waals surface area contributed by atoms with E-state index in [1.165, 1.54) is 12.5 Å². The third kappa shape index (κ3) is 4.30. The fourth-order valence-corrected chi connectivity index (χ4v) is 2.69. The lowest BCUT2D eigenvalue weighted by Gasteiger charge is -2.23. The SMILES string of the molecule is CC(CC(=O)NCC1CCCNC1)c1ccccc1F. The summed E-state index contributed by atoms with van der Waals surface area (Å²) in [5.41, 5.74) is 0.613. The van der Waals surface area contributed by atoms with Gasteiger partial charge in [0.1, 0.15) is 5.82 Å². The second kappa shape index (κ2) is 7.39. The van der Waals surface area contributed by atoms with E-state index in [4.69, 9.17) is 0 Å². The molecule has 2 rings (SSSR count). The number of hydrogen-bond acceptors (Lipinski definition) is 2. The first-order valence-electron chi connectivity index (χ1n) is 7.38. The molecular formula is C16H23FN2O. The molecule has 2 N–H and O–H groups in total. The van der Waals surface area contributed by atoms with Gasteiger partial charge < -0.3 is 10.6 Å². The summed E-state index contributed by atoms with van der Waals surface area (Å²) in [7, 11) is 0. The number of rotatable bonds is 5. The van der Waals surface area contributed by atoms with Gasteiger partial charge >= 0.3 is 0 Å². The summed E-state index contributed by atoms with van der Waals surface area (Å²) < 4.78 is 13.6. The van der Waals surface area contributed by atoms with Crippen LogP contribution in [0.1, 0.15) is 37.7 Å². The standard InChI is InChI=1S/C16H23FN2O/c1-12(14-6-2-3-7-15(14)17)9-16(20)19-11-13-5-4-8-18-10-13/h2-3,6-7,12-13,18H,4-5,8-11H2,1H3,(H,19,20). The average Bonchev–Trinajstić information content (AvgIpc) is 2.46.